The largest absolute Gasteiger partial charge is 0.321 e. The highest BCUT2D eigenvalue weighted by Crippen LogP contribution is 2.09. The van der Waals surface area contributed by atoms with Crippen molar-refractivity contribution in [1.82, 2.24) is 9.55 Å². The van der Waals surface area contributed by atoms with E-state index in [1.807, 2.05) is 6.92 Å². The molecule has 2 heterocycles. The molecule has 1 N–H and O–H groups in total. The highest BCUT2D eigenvalue weighted by atomic mass is 19.1. The van der Waals surface area contributed by atoms with Gasteiger partial charge in [-0.3, -0.25) is 9.59 Å². The van der Waals surface area contributed by atoms with Crippen molar-refractivity contribution in [2.45, 2.75) is 19.9 Å². The number of pyridine rings is 2. The maximum absolute atomic E-state index is 13.4. The van der Waals surface area contributed by atoms with Crippen LogP contribution in [0.2, 0.25) is 0 Å². The molecule has 0 saturated carbocycles. The van der Waals surface area contributed by atoms with Crippen molar-refractivity contribution in [3.8, 4) is 0 Å². The number of nitrogens with zero attached hydrogens (tertiary/aromatic N) is 2. The quantitative estimate of drug-likeness (QED) is 0.868. The Balaban J connectivity index is 2.22. The molecule has 1 amide bonds. The van der Waals surface area contributed by atoms with E-state index in [2.05, 4.69) is 10.3 Å². The van der Waals surface area contributed by atoms with E-state index in [0.717, 1.165) is 6.42 Å². The first-order valence-electron chi connectivity index (χ1n) is 6.24. The average molecular weight is 275 g/mol. The summed E-state index contributed by atoms with van der Waals surface area (Å²) in [4.78, 5) is 26.9. The molecular weight excluding hydrogens is 261 g/mol. The molecule has 0 aliphatic carbocycles. The Morgan fingerprint density at radius 3 is 2.90 bits per heavy atom. The van der Waals surface area contributed by atoms with Crippen molar-refractivity contribution >= 4 is 11.6 Å². The summed E-state index contributed by atoms with van der Waals surface area (Å²) in [5.41, 5.74) is 0.157. The van der Waals surface area contributed by atoms with Gasteiger partial charge in [-0.05, 0) is 24.6 Å². The first kappa shape index (κ1) is 13.9. The minimum Gasteiger partial charge on any atom is -0.321 e. The van der Waals surface area contributed by atoms with Crippen molar-refractivity contribution in [2.75, 3.05) is 5.32 Å². The lowest BCUT2D eigenvalue weighted by atomic mass is 10.2. The summed E-state index contributed by atoms with van der Waals surface area (Å²) in [6, 6.07) is 5.68. The monoisotopic (exact) mass is 275 g/mol. The molecule has 0 saturated heterocycles. The van der Waals surface area contributed by atoms with Crippen molar-refractivity contribution in [2.24, 2.45) is 0 Å². The van der Waals surface area contributed by atoms with Gasteiger partial charge in [0.15, 0.2) is 0 Å². The highest BCUT2D eigenvalue weighted by molar-refractivity contribution is 6.04. The standard InChI is InChI=1S/C14H14FN3O2/c1-2-8-18-9-10(5-6-12(18)19)17-14(20)11-4-3-7-16-13(11)15/h3-7,9H,2,8H2,1H3,(H,17,20). The number of hydrogen-bond acceptors (Lipinski definition) is 3. The summed E-state index contributed by atoms with van der Waals surface area (Å²) in [7, 11) is 0. The number of halogens is 1. The van der Waals surface area contributed by atoms with Crippen molar-refractivity contribution in [3.05, 3.63) is 58.5 Å². The van der Waals surface area contributed by atoms with Crippen LogP contribution >= 0.6 is 0 Å². The lowest BCUT2D eigenvalue weighted by molar-refractivity contribution is 0.102. The molecule has 104 valence electrons. The summed E-state index contributed by atoms with van der Waals surface area (Å²) in [6.07, 6.45) is 3.61. The average Bonchev–Trinajstić information content (AvgIpc) is 2.43. The third-order valence-electron chi connectivity index (χ3n) is 2.71. The number of nitrogens with one attached hydrogen (secondary N) is 1. The van der Waals surface area contributed by atoms with Crippen LogP contribution in [0.1, 0.15) is 23.7 Å². The molecule has 0 spiro atoms. The second-order valence-corrected chi connectivity index (χ2v) is 4.25. The summed E-state index contributed by atoms with van der Waals surface area (Å²) < 4.78 is 14.9. The van der Waals surface area contributed by atoms with Crippen LogP contribution in [0.3, 0.4) is 0 Å². The van der Waals surface area contributed by atoms with Gasteiger partial charge in [-0.1, -0.05) is 6.92 Å². The van der Waals surface area contributed by atoms with E-state index in [0.29, 0.717) is 12.2 Å². The van der Waals surface area contributed by atoms with Gasteiger partial charge in [0.1, 0.15) is 0 Å². The number of hydrogen-bond donors (Lipinski definition) is 1. The Kier molecular flexibility index (Phi) is 4.24. The highest BCUT2D eigenvalue weighted by Gasteiger charge is 2.12. The van der Waals surface area contributed by atoms with Gasteiger partial charge in [0.2, 0.25) is 5.95 Å². The van der Waals surface area contributed by atoms with E-state index in [-0.39, 0.29) is 11.1 Å². The fourth-order valence-corrected chi connectivity index (χ4v) is 1.77. The van der Waals surface area contributed by atoms with Gasteiger partial charge < -0.3 is 9.88 Å². The third kappa shape index (κ3) is 3.09. The Morgan fingerprint density at radius 2 is 2.20 bits per heavy atom. The lowest BCUT2D eigenvalue weighted by Crippen LogP contribution is -2.21. The van der Waals surface area contributed by atoms with Crippen molar-refractivity contribution in [3.63, 3.8) is 0 Å². The van der Waals surface area contributed by atoms with E-state index in [1.54, 1.807) is 0 Å². The number of amides is 1. The van der Waals surface area contributed by atoms with Crippen LogP contribution in [0.15, 0.2) is 41.5 Å². The van der Waals surface area contributed by atoms with E-state index in [1.165, 1.54) is 41.2 Å². The molecule has 20 heavy (non-hydrogen) atoms. The van der Waals surface area contributed by atoms with Crippen LogP contribution in [0.4, 0.5) is 10.1 Å². The molecule has 0 aromatic carbocycles. The van der Waals surface area contributed by atoms with Gasteiger partial charge in [-0.2, -0.15) is 4.39 Å². The predicted molar refractivity (Wildman–Crippen MR) is 73.1 cm³/mol. The van der Waals surface area contributed by atoms with Crippen LogP contribution in [-0.4, -0.2) is 15.5 Å². The van der Waals surface area contributed by atoms with E-state index >= 15 is 0 Å². The minimum atomic E-state index is -0.827. The Morgan fingerprint density at radius 1 is 1.40 bits per heavy atom. The number of rotatable bonds is 4. The van der Waals surface area contributed by atoms with Gasteiger partial charge >= 0.3 is 0 Å². The lowest BCUT2D eigenvalue weighted by Gasteiger charge is -2.08. The molecule has 2 aromatic heterocycles. The Hall–Kier alpha value is -2.50. The molecule has 0 aliphatic heterocycles. The van der Waals surface area contributed by atoms with Crippen LogP contribution in [0.25, 0.3) is 0 Å². The minimum absolute atomic E-state index is 0.138. The smallest absolute Gasteiger partial charge is 0.260 e. The number of anilines is 1. The van der Waals surface area contributed by atoms with Gasteiger partial charge in [0.25, 0.3) is 11.5 Å². The predicted octanol–water partition coefficient (Wildman–Crippen LogP) is 2.04. The molecule has 0 aliphatic rings. The second-order valence-electron chi connectivity index (χ2n) is 4.25. The first-order valence-corrected chi connectivity index (χ1v) is 6.24. The summed E-state index contributed by atoms with van der Waals surface area (Å²) >= 11 is 0. The second kappa shape index (κ2) is 6.10. The fourth-order valence-electron chi connectivity index (χ4n) is 1.77. The topological polar surface area (TPSA) is 64.0 Å². The molecule has 5 nitrogen and oxygen atoms in total. The van der Waals surface area contributed by atoms with Gasteiger partial charge in [0.05, 0.1) is 11.3 Å². The number of carbonyl (C=O) groups is 1. The van der Waals surface area contributed by atoms with E-state index in [4.69, 9.17) is 0 Å². The molecular formula is C14H14FN3O2. The molecule has 0 atom stereocenters. The van der Waals surface area contributed by atoms with Crippen LogP contribution in [0, 0.1) is 5.95 Å². The third-order valence-corrected chi connectivity index (χ3v) is 2.71. The summed E-state index contributed by atoms with van der Waals surface area (Å²) in [6.45, 7) is 2.51. The zero-order valence-electron chi connectivity index (χ0n) is 11.0. The van der Waals surface area contributed by atoms with Gasteiger partial charge in [0, 0.05) is 25.0 Å². The van der Waals surface area contributed by atoms with Gasteiger partial charge in [-0.25, -0.2) is 4.98 Å². The maximum atomic E-state index is 13.4. The number of carbonyl (C=O) groups excluding carboxylic acids is 1. The molecule has 0 bridgehead atoms. The summed E-state index contributed by atoms with van der Waals surface area (Å²) in [5, 5.41) is 2.55. The molecule has 0 radical (unpaired) electrons. The molecule has 2 aromatic rings. The van der Waals surface area contributed by atoms with Crippen molar-refractivity contribution in [1.29, 1.82) is 0 Å². The molecule has 2 rings (SSSR count). The first-order chi connectivity index (χ1) is 9.61. The van der Waals surface area contributed by atoms with E-state index in [9.17, 15) is 14.0 Å². The molecule has 6 heteroatoms. The van der Waals surface area contributed by atoms with Crippen LogP contribution < -0.4 is 10.9 Å². The zero-order valence-corrected chi connectivity index (χ0v) is 11.0. The SMILES string of the molecule is CCCn1cc(NC(=O)c2cccnc2F)ccc1=O. The number of aromatic nitrogens is 2. The molecule has 0 unspecified atom stereocenters. The zero-order chi connectivity index (χ0) is 14.5. The van der Waals surface area contributed by atoms with Crippen LogP contribution in [0.5, 0.6) is 0 Å². The van der Waals surface area contributed by atoms with E-state index < -0.39 is 11.9 Å². The Labute approximate surface area is 115 Å². The van der Waals surface area contributed by atoms with Gasteiger partial charge in [-0.15, -0.1) is 0 Å². The molecule has 0 fully saturated rings. The summed E-state index contributed by atoms with van der Waals surface area (Å²) in [5.74, 6) is -1.43. The number of aryl methyl sites for hydroxylation is 1. The fraction of sp³-hybridized carbons (Fsp3) is 0.214. The maximum Gasteiger partial charge on any atom is 0.260 e. The Bertz CT molecular complexity index is 682. The van der Waals surface area contributed by atoms with Crippen LogP contribution in [-0.2, 0) is 6.54 Å². The normalized spacial score (nSPS) is 10.3. The van der Waals surface area contributed by atoms with Crippen molar-refractivity contribution < 1.29 is 9.18 Å².